The van der Waals surface area contributed by atoms with E-state index in [0.29, 0.717) is 22.2 Å². The maximum absolute atomic E-state index is 8.90. The minimum atomic E-state index is 0.519. The Bertz CT molecular complexity index is 889. The van der Waals surface area contributed by atoms with Crippen LogP contribution < -0.4 is 0 Å². The SMILES string of the molecule is CCCc1nc2cc(Cl)c(Cl)cc2n1Cc1ccc(C#N)cc1. The molecule has 0 aliphatic heterocycles. The van der Waals surface area contributed by atoms with E-state index in [2.05, 4.69) is 17.6 Å². The van der Waals surface area contributed by atoms with Crippen molar-refractivity contribution in [3.05, 3.63) is 63.4 Å². The van der Waals surface area contributed by atoms with E-state index >= 15 is 0 Å². The van der Waals surface area contributed by atoms with E-state index in [-0.39, 0.29) is 0 Å². The summed E-state index contributed by atoms with van der Waals surface area (Å²) in [5.74, 6) is 1.02. The van der Waals surface area contributed by atoms with Gasteiger partial charge >= 0.3 is 0 Å². The number of hydrogen-bond acceptors (Lipinski definition) is 2. The summed E-state index contributed by atoms with van der Waals surface area (Å²) in [5.41, 5.74) is 3.61. The Labute approximate surface area is 145 Å². The van der Waals surface area contributed by atoms with E-state index in [1.165, 1.54) is 0 Å². The van der Waals surface area contributed by atoms with Crippen LogP contribution in [0.1, 0.15) is 30.3 Å². The second kappa shape index (κ2) is 6.62. The fraction of sp³-hybridized carbons (Fsp3) is 0.222. The molecular formula is C18H15Cl2N3. The molecule has 23 heavy (non-hydrogen) atoms. The predicted molar refractivity (Wildman–Crippen MR) is 94.0 cm³/mol. The van der Waals surface area contributed by atoms with Crippen LogP contribution in [0.15, 0.2) is 36.4 Å². The topological polar surface area (TPSA) is 41.6 Å². The first-order chi connectivity index (χ1) is 11.1. The molecule has 116 valence electrons. The Morgan fingerprint density at radius 2 is 1.83 bits per heavy atom. The van der Waals surface area contributed by atoms with E-state index in [4.69, 9.17) is 33.4 Å². The highest BCUT2D eigenvalue weighted by atomic mass is 35.5. The van der Waals surface area contributed by atoms with Crippen molar-refractivity contribution >= 4 is 34.2 Å². The van der Waals surface area contributed by atoms with Gasteiger partial charge in [0.2, 0.25) is 0 Å². The largest absolute Gasteiger partial charge is 0.323 e. The molecule has 0 N–H and O–H groups in total. The minimum Gasteiger partial charge on any atom is -0.323 e. The number of rotatable bonds is 4. The van der Waals surface area contributed by atoms with Crippen LogP contribution in [-0.4, -0.2) is 9.55 Å². The molecule has 0 radical (unpaired) electrons. The van der Waals surface area contributed by atoms with Gasteiger partial charge in [-0.1, -0.05) is 42.3 Å². The molecule has 0 spiro atoms. The van der Waals surface area contributed by atoms with Crippen LogP contribution in [0.5, 0.6) is 0 Å². The van der Waals surface area contributed by atoms with Crippen molar-refractivity contribution in [2.75, 3.05) is 0 Å². The Kier molecular flexibility index (Phi) is 4.56. The number of benzene rings is 2. The normalized spacial score (nSPS) is 10.9. The van der Waals surface area contributed by atoms with Crippen LogP contribution >= 0.6 is 23.2 Å². The lowest BCUT2D eigenvalue weighted by Crippen LogP contribution is -2.05. The van der Waals surface area contributed by atoms with Crippen molar-refractivity contribution in [3.63, 3.8) is 0 Å². The van der Waals surface area contributed by atoms with E-state index in [1.54, 1.807) is 0 Å². The van der Waals surface area contributed by atoms with Crippen LogP contribution in [0.2, 0.25) is 10.0 Å². The van der Waals surface area contributed by atoms with Crippen LogP contribution in [0.4, 0.5) is 0 Å². The summed E-state index contributed by atoms with van der Waals surface area (Å²) in [6.45, 7) is 2.82. The molecule has 2 aromatic carbocycles. The maximum Gasteiger partial charge on any atom is 0.110 e. The number of fused-ring (bicyclic) bond motifs is 1. The zero-order valence-electron chi connectivity index (χ0n) is 12.7. The lowest BCUT2D eigenvalue weighted by Gasteiger charge is -2.09. The Hall–Kier alpha value is -2.02. The van der Waals surface area contributed by atoms with Crippen LogP contribution in [-0.2, 0) is 13.0 Å². The molecule has 0 atom stereocenters. The third-order valence-electron chi connectivity index (χ3n) is 3.77. The van der Waals surface area contributed by atoms with Gasteiger partial charge in [0.05, 0.1) is 32.7 Å². The maximum atomic E-state index is 8.90. The van der Waals surface area contributed by atoms with E-state index in [0.717, 1.165) is 35.3 Å². The lowest BCUT2D eigenvalue weighted by atomic mass is 10.1. The second-order valence-electron chi connectivity index (χ2n) is 5.43. The molecule has 0 saturated heterocycles. The molecule has 3 nitrogen and oxygen atoms in total. The van der Waals surface area contributed by atoms with Gasteiger partial charge in [0.15, 0.2) is 0 Å². The first-order valence-corrected chi connectivity index (χ1v) is 8.21. The smallest absolute Gasteiger partial charge is 0.110 e. The minimum absolute atomic E-state index is 0.519. The molecule has 3 rings (SSSR count). The van der Waals surface area contributed by atoms with Crippen molar-refractivity contribution in [3.8, 4) is 6.07 Å². The van der Waals surface area contributed by atoms with Crippen molar-refractivity contribution < 1.29 is 0 Å². The molecule has 5 heteroatoms. The highest BCUT2D eigenvalue weighted by molar-refractivity contribution is 6.42. The molecular weight excluding hydrogens is 329 g/mol. The average Bonchev–Trinajstić information content (AvgIpc) is 2.86. The molecule has 0 aliphatic carbocycles. The number of nitrogens with zero attached hydrogens (tertiary/aromatic N) is 3. The summed E-state index contributed by atoms with van der Waals surface area (Å²) in [6, 6.07) is 13.4. The van der Waals surface area contributed by atoms with Gasteiger partial charge in [-0.2, -0.15) is 5.26 Å². The molecule has 0 bridgehead atoms. The Morgan fingerprint density at radius 1 is 1.13 bits per heavy atom. The van der Waals surface area contributed by atoms with Crippen molar-refractivity contribution in [2.45, 2.75) is 26.3 Å². The van der Waals surface area contributed by atoms with E-state index < -0.39 is 0 Å². The number of imidazole rings is 1. The van der Waals surface area contributed by atoms with Crippen molar-refractivity contribution in [2.24, 2.45) is 0 Å². The Morgan fingerprint density at radius 3 is 2.48 bits per heavy atom. The quantitative estimate of drug-likeness (QED) is 0.651. The molecule has 0 fully saturated rings. The summed E-state index contributed by atoms with van der Waals surface area (Å²) in [4.78, 5) is 4.70. The first-order valence-electron chi connectivity index (χ1n) is 7.45. The van der Waals surface area contributed by atoms with Crippen molar-refractivity contribution in [1.29, 1.82) is 5.26 Å². The van der Waals surface area contributed by atoms with Crippen molar-refractivity contribution in [1.82, 2.24) is 9.55 Å². The Balaban J connectivity index is 2.07. The first kappa shape index (κ1) is 15.9. The van der Waals surface area contributed by atoms with Gasteiger partial charge in [-0.3, -0.25) is 0 Å². The van der Waals surface area contributed by atoms with Crippen LogP contribution in [0.25, 0.3) is 11.0 Å². The molecule has 3 aromatic rings. The van der Waals surface area contributed by atoms with Gasteiger partial charge in [-0.05, 0) is 36.2 Å². The highest BCUT2D eigenvalue weighted by Crippen LogP contribution is 2.29. The molecule has 1 aromatic heterocycles. The molecule has 1 heterocycles. The number of aromatic nitrogens is 2. The predicted octanol–water partition coefficient (Wildman–Crippen LogP) is 5.22. The van der Waals surface area contributed by atoms with Gasteiger partial charge in [-0.25, -0.2) is 4.98 Å². The summed E-state index contributed by atoms with van der Waals surface area (Å²) in [7, 11) is 0. The van der Waals surface area contributed by atoms with Gasteiger partial charge in [0.1, 0.15) is 5.82 Å². The van der Waals surface area contributed by atoms with Crippen LogP contribution in [0.3, 0.4) is 0 Å². The third kappa shape index (κ3) is 3.19. The summed E-state index contributed by atoms with van der Waals surface area (Å²) in [6.07, 6.45) is 1.90. The van der Waals surface area contributed by atoms with Crippen LogP contribution in [0, 0.1) is 11.3 Å². The van der Waals surface area contributed by atoms with E-state index in [9.17, 15) is 0 Å². The number of hydrogen-bond donors (Lipinski definition) is 0. The van der Waals surface area contributed by atoms with Gasteiger partial charge in [0, 0.05) is 13.0 Å². The third-order valence-corrected chi connectivity index (χ3v) is 4.49. The number of aryl methyl sites for hydroxylation is 1. The van der Waals surface area contributed by atoms with Gasteiger partial charge in [0.25, 0.3) is 0 Å². The zero-order chi connectivity index (χ0) is 16.4. The summed E-state index contributed by atoms with van der Waals surface area (Å²) >= 11 is 12.3. The summed E-state index contributed by atoms with van der Waals surface area (Å²) in [5, 5.41) is 9.95. The zero-order valence-corrected chi connectivity index (χ0v) is 14.2. The molecule has 0 unspecified atom stereocenters. The number of nitriles is 1. The number of halogens is 2. The summed E-state index contributed by atoms with van der Waals surface area (Å²) < 4.78 is 2.17. The standard InChI is InChI=1S/C18H15Cl2N3/c1-2-3-18-22-16-8-14(19)15(20)9-17(16)23(18)11-13-6-4-12(10-21)5-7-13/h4-9H,2-3,11H2,1H3. The average molecular weight is 344 g/mol. The molecule has 0 saturated carbocycles. The highest BCUT2D eigenvalue weighted by Gasteiger charge is 2.13. The van der Waals surface area contributed by atoms with E-state index in [1.807, 2.05) is 36.4 Å². The van der Waals surface area contributed by atoms with Gasteiger partial charge < -0.3 is 4.57 Å². The molecule has 0 amide bonds. The monoisotopic (exact) mass is 343 g/mol. The fourth-order valence-electron chi connectivity index (χ4n) is 2.63. The lowest BCUT2D eigenvalue weighted by molar-refractivity contribution is 0.722. The molecule has 0 aliphatic rings. The second-order valence-corrected chi connectivity index (χ2v) is 6.24. The fourth-order valence-corrected chi connectivity index (χ4v) is 2.94. The van der Waals surface area contributed by atoms with Gasteiger partial charge in [-0.15, -0.1) is 0 Å².